The summed E-state index contributed by atoms with van der Waals surface area (Å²) in [5.41, 5.74) is 1.51. The van der Waals surface area contributed by atoms with Crippen LogP contribution >= 0.6 is 0 Å². The minimum absolute atomic E-state index is 0.0355. The number of rotatable bonds is 4. The van der Waals surface area contributed by atoms with Crippen LogP contribution in [0.25, 0.3) is 0 Å². The molecule has 0 saturated heterocycles. The fraction of sp³-hybridized carbons (Fsp3) is 0.188. The molecule has 7 nitrogen and oxygen atoms in total. The van der Waals surface area contributed by atoms with E-state index in [-0.39, 0.29) is 17.6 Å². The second kappa shape index (κ2) is 6.04. The summed E-state index contributed by atoms with van der Waals surface area (Å²) >= 11 is 0. The van der Waals surface area contributed by atoms with Crippen LogP contribution in [-0.2, 0) is 14.8 Å². The second-order valence-electron chi connectivity index (χ2n) is 5.30. The van der Waals surface area contributed by atoms with Gasteiger partial charge in [-0.2, -0.15) is 0 Å². The van der Waals surface area contributed by atoms with Crippen LogP contribution in [0.15, 0.2) is 41.3 Å². The van der Waals surface area contributed by atoms with Crippen LogP contribution in [0.3, 0.4) is 0 Å². The highest BCUT2D eigenvalue weighted by Gasteiger charge is 2.22. The molecule has 0 unspecified atom stereocenters. The molecule has 1 aliphatic heterocycles. The Labute approximate surface area is 139 Å². The lowest BCUT2D eigenvalue weighted by molar-refractivity contribution is -0.114. The second-order valence-corrected chi connectivity index (χ2v) is 6.99. The first-order valence-corrected chi connectivity index (χ1v) is 8.65. The van der Waals surface area contributed by atoms with Gasteiger partial charge in [-0.3, -0.25) is 9.52 Å². The van der Waals surface area contributed by atoms with E-state index in [1.165, 1.54) is 19.1 Å². The standard InChI is InChI=1S/C16H16N2O5S/c1-10-6-7-12(8-14(10)17-11(2)19)24(20,21)18-13-4-3-5-15-16(13)23-9-22-15/h3-8,18H,9H2,1-2H3,(H,17,19). The molecule has 0 radical (unpaired) electrons. The van der Waals surface area contributed by atoms with E-state index in [2.05, 4.69) is 10.0 Å². The third-order valence-corrected chi connectivity index (χ3v) is 4.83. The summed E-state index contributed by atoms with van der Waals surface area (Å²) in [6.45, 7) is 3.19. The van der Waals surface area contributed by atoms with Gasteiger partial charge in [-0.1, -0.05) is 12.1 Å². The van der Waals surface area contributed by atoms with Crippen molar-refractivity contribution < 1.29 is 22.7 Å². The summed E-state index contributed by atoms with van der Waals surface area (Å²) in [5, 5.41) is 2.62. The van der Waals surface area contributed by atoms with Crippen LogP contribution in [-0.4, -0.2) is 21.1 Å². The van der Waals surface area contributed by atoms with Gasteiger partial charge in [0.1, 0.15) is 0 Å². The molecular weight excluding hydrogens is 332 g/mol. The van der Waals surface area contributed by atoms with Crippen molar-refractivity contribution in [2.75, 3.05) is 16.8 Å². The molecule has 2 aromatic carbocycles. The number of hydrogen-bond acceptors (Lipinski definition) is 5. The van der Waals surface area contributed by atoms with Crippen LogP contribution < -0.4 is 19.5 Å². The molecule has 0 fully saturated rings. The molecule has 0 spiro atoms. The molecule has 24 heavy (non-hydrogen) atoms. The Balaban J connectivity index is 1.94. The molecule has 1 heterocycles. The molecule has 0 bridgehead atoms. The van der Waals surface area contributed by atoms with Crippen molar-refractivity contribution >= 4 is 27.3 Å². The first kappa shape index (κ1) is 16.1. The molecule has 1 amide bonds. The van der Waals surface area contributed by atoms with E-state index in [1.54, 1.807) is 31.2 Å². The van der Waals surface area contributed by atoms with Gasteiger partial charge in [0.25, 0.3) is 10.0 Å². The highest BCUT2D eigenvalue weighted by molar-refractivity contribution is 7.92. The predicted molar refractivity (Wildman–Crippen MR) is 88.9 cm³/mol. The van der Waals surface area contributed by atoms with Crippen molar-refractivity contribution in [1.82, 2.24) is 0 Å². The number of sulfonamides is 1. The van der Waals surface area contributed by atoms with E-state index >= 15 is 0 Å². The Morgan fingerprint density at radius 3 is 2.67 bits per heavy atom. The Hall–Kier alpha value is -2.74. The Bertz CT molecular complexity index is 909. The average molecular weight is 348 g/mol. The SMILES string of the molecule is CC(=O)Nc1cc(S(=O)(=O)Nc2cccc3c2OCO3)ccc1C. The van der Waals surface area contributed by atoms with E-state index in [1.807, 2.05) is 0 Å². The van der Waals surface area contributed by atoms with Gasteiger partial charge in [0.05, 0.1) is 10.6 Å². The lowest BCUT2D eigenvalue weighted by Crippen LogP contribution is -2.15. The van der Waals surface area contributed by atoms with Gasteiger partial charge in [0.15, 0.2) is 11.5 Å². The fourth-order valence-corrected chi connectivity index (χ4v) is 3.40. The number of anilines is 2. The quantitative estimate of drug-likeness (QED) is 0.885. The first-order valence-electron chi connectivity index (χ1n) is 7.16. The maximum atomic E-state index is 12.6. The third kappa shape index (κ3) is 3.13. The zero-order valence-corrected chi connectivity index (χ0v) is 13.9. The normalized spacial score (nSPS) is 12.8. The van der Waals surface area contributed by atoms with Crippen LogP contribution in [0, 0.1) is 6.92 Å². The molecule has 2 aromatic rings. The van der Waals surface area contributed by atoms with Gasteiger partial charge < -0.3 is 14.8 Å². The van der Waals surface area contributed by atoms with Gasteiger partial charge in [-0.05, 0) is 36.8 Å². The van der Waals surface area contributed by atoms with Crippen molar-refractivity contribution in [3.8, 4) is 11.5 Å². The van der Waals surface area contributed by atoms with E-state index in [9.17, 15) is 13.2 Å². The summed E-state index contributed by atoms with van der Waals surface area (Å²) < 4.78 is 38.3. The molecule has 0 saturated carbocycles. The van der Waals surface area contributed by atoms with Gasteiger partial charge >= 0.3 is 0 Å². The molecule has 0 aliphatic carbocycles. The number of ether oxygens (including phenoxy) is 2. The van der Waals surface area contributed by atoms with Gasteiger partial charge in [0, 0.05) is 12.6 Å². The van der Waals surface area contributed by atoms with Crippen molar-refractivity contribution in [3.63, 3.8) is 0 Å². The van der Waals surface area contributed by atoms with Crippen molar-refractivity contribution in [1.29, 1.82) is 0 Å². The topological polar surface area (TPSA) is 93.7 Å². The van der Waals surface area contributed by atoms with Crippen LogP contribution in [0.1, 0.15) is 12.5 Å². The molecule has 0 atom stereocenters. The number of para-hydroxylation sites is 1. The molecule has 126 valence electrons. The first-order chi connectivity index (χ1) is 11.4. The van der Waals surface area contributed by atoms with E-state index in [4.69, 9.17) is 9.47 Å². The highest BCUT2D eigenvalue weighted by atomic mass is 32.2. The molecular formula is C16H16N2O5S. The van der Waals surface area contributed by atoms with Gasteiger partial charge in [0.2, 0.25) is 12.7 Å². The van der Waals surface area contributed by atoms with Crippen molar-refractivity contribution in [3.05, 3.63) is 42.0 Å². The zero-order chi connectivity index (χ0) is 17.3. The van der Waals surface area contributed by atoms with Crippen LogP contribution in [0.2, 0.25) is 0 Å². The molecule has 8 heteroatoms. The van der Waals surface area contributed by atoms with Crippen LogP contribution in [0.5, 0.6) is 11.5 Å². The van der Waals surface area contributed by atoms with Crippen molar-refractivity contribution in [2.24, 2.45) is 0 Å². The zero-order valence-electron chi connectivity index (χ0n) is 13.1. The third-order valence-electron chi connectivity index (χ3n) is 3.47. The summed E-state index contributed by atoms with van der Waals surface area (Å²) in [4.78, 5) is 11.3. The van der Waals surface area contributed by atoms with Crippen molar-refractivity contribution in [2.45, 2.75) is 18.7 Å². The van der Waals surface area contributed by atoms with E-state index in [0.717, 1.165) is 5.56 Å². The maximum absolute atomic E-state index is 12.6. The number of benzene rings is 2. The molecule has 0 aromatic heterocycles. The number of fused-ring (bicyclic) bond motifs is 1. The van der Waals surface area contributed by atoms with Gasteiger partial charge in [-0.15, -0.1) is 0 Å². The number of amides is 1. The Morgan fingerprint density at radius 1 is 1.12 bits per heavy atom. The number of carbonyl (C=O) groups is 1. The smallest absolute Gasteiger partial charge is 0.262 e. The summed E-state index contributed by atoms with van der Waals surface area (Å²) in [6, 6.07) is 9.48. The maximum Gasteiger partial charge on any atom is 0.262 e. The lowest BCUT2D eigenvalue weighted by Gasteiger charge is -2.12. The summed E-state index contributed by atoms with van der Waals surface area (Å²) in [6.07, 6.45) is 0. The van der Waals surface area contributed by atoms with Gasteiger partial charge in [-0.25, -0.2) is 8.42 Å². The number of nitrogens with one attached hydrogen (secondary N) is 2. The number of carbonyl (C=O) groups excluding carboxylic acids is 1. The summed E-state index contributed by atoms with van der Waals surface area (Å²) in [5.74, 6) is 0.570. The monoisotopic (exact) mass is 348 g/mol. The number of aryl methyl sites for hydroxylation is 1. The Kier molecular flexibility index (Phi) is 4.06. The fourth-order valence-electron chi connectivity index (χ4n) is 2.31. The molecule has 2 N–H and O–H groups in total. The average Bonchev–Trinajstić information content (AvgIpc) is 2.98. The van der Waals surface area contributed by atoms with E-state index in [0.29, 0.717) is 22.9 Å². The molecule has 1 aliphatic rings. The minimum atomic E-state index is -3.85. The van der Waals surface area contributed by atoms with Crippen LogP contribution in [0.4, 0.5) is 11.4 Å². The highest BCUT2D eigenvalue weighted by Crippen LogP contribution is 2.39. The summed E-state index contributed by atoms with van der Waals surface area (Å²) in [7, 11) is -3.85. The van der Waals surface area contributed by atoms with E-state index < -0.39 is 10.0 Å². The lowest BCUT2D eigenvalue weighted by atomic mass is 10.2. The number of hydrogen-bond donors (Lipinski definition) is 2. The molecule has 3 rings (SSSR count). The largest absolute Gasteiger partial charge is 0.454 e. The minimum Gasteiger partial charge on any atom is -0.454 e. The Morgan fingerprint density at radius 2 is 1.92 bits per heavy atom. The predicted octanol–water partition coefficient (Wildman–Crippen LogP) is 2.48.